The van der Waals surface area contributed by atoms with Gasteiger partial charge in [0, 0.05) is 25.8 Å². The quantitative estimate of drug-likeness (QED) is 0.559. The number of ether oxygens (including phenoxy) is 1. The highest BCUT2D eigenvalue weighted by atomic mass is 19.1. The van der Waals surface area contributed by atoms with E-state index in [2.05, 4.69) is 20.3 Å². The maximum Gasteiger partial charge on any atom is 0.410 e. The molecule has 3 aromatic rings. The van der Waals surface area contributed by atoms with Gasteiger partial charge in [0.25, 0.3) is 0 Å². The summed E-state index contributed by atoms with van der Waals surface area (Å²) in [5.41, 5.74) is 0.799. The van der Waals surface area contributed by atoms with Crippen LogP contribution in [-0.4, -0.2) is 62.6 Å². The Morgan fingerprint density at radius 3 is 2.85 bits per heavy atom. The number of amides is 1. The molecular formula is C23H29FN7O3-. The van der Waals surface area contributed by atoms with Crippen LogP contribution in [0.1, 0.15) is 33.6 Å². The Morgan fingerprint density at radius 1 is 1.32 bits per heavy atom. The predicted octanol–water partition coefficient (Wildman–Crippen LogP) is 3.92. The fourth-order valence-corrected chi connectivity index (χ4v) is 3.94. The van der Waals surface area contributed by atoms with E-state index in [0.717, 1.165) is 12.8 Å². The van der Waals surface area contributed by atoms with E-state index >= 15 is 0 Å². The molecule has 1 fully saturated rings. The van der Waals surface area contributed by atoms with Crippen LogP contribution < -0.4 is 10.4 Å². The number of imidazole rings is 1. The summed E-state index contributed by atoms with van der Waals surface area (Å²) in [4.78, 5) is 27.3. The molecule has 10 nitrogen and oxygen atoms in total. The lowest BCUT2D eigenvalue weighted by molar-refractivity contribution is 0.0172. The lowest BCUT2D eigenvalue weighted by Crippen LogP contribution is -2.44. The van der Waals surface area contributed by atoms with E-state index in [9.17, 15) is 14.4 Å². The largest absolute Gasteiger partial charge is 0.758 e. The fraction of sp³-hybridized carbons (Fsp3) is 0.478. The van der Waals surface area contributed by atoms with Crippen molar-refractivity contribution in [2.75, 3.05) is 37.1 Å². The molecule has 1 aliphatic rings. The van der Waals surface area contributed by atoms with E-state index < -0.39 is 11.4 Å². The van der Waals surface area contributed by atoms with Crippen LogP contribution in [0.3, 0.4) is 0 Å². The molecule has 0 spiro atoms. The number of nitrogens with one attached hydrogen (secondary N) is 1. The molecule has 1 atom stereocenters. The van der Waals surface area contributed by atoms with Crippen molar-refractivity contribution in [1.29, 1.82) is 0 Å². The van der Waals surface area contributed by atoms with Crippen molar-refractivity contribution < 1.29 is 13.9 Å². The molecule has 0 aromatic carbocycles. The van der Waals surface area contributed by atoms with Gasteiger partial charge in [0.05, 0.1) is 18.1 Å². The number of pyridine rings is 1. The number of carbonyl (C=O) groups is 1. The second-order valence-electron chi connectivity index (χ2n) is 9.46. The molecule has 1 saturated heterocycles. The highest BCUT2D eigenvalue weighted by Crippen LogP contribution is 2.27. The molecule has 0 unspecified atom stereocenters. The zero-order valence-electron chi connectivity index (χ0n) is 19.8. The second kappa shape index (κ2) is 9.41. The number of anilines is 2. The van der Waals surface area contributed by atoms with Crippen molar-refractivity contribution in [3.63, 3.8) is 0 Å². The molecule has 0 saturated carbocycles. The minimum absolute atomic E-state index is 0.161. The molecule has 0 bridgehead atoms. The molecule has 0 aliphatic carbocycles. The molecule has 34 heavy (non-hydrogen) atoms. The van der Waals surface area contributed by atoms with Gasteiger partial charge in [0.2, 0.25) is 0 Å². The number of nitrogens with zero attached hydrogens (tertiary/aromatic N) is 6. The Hall–Kier alpha value is -3.47. The van der Waals surface area contributed by atoms with Crippen LogP contribution in [0.2, 0.25) is 0 Å². The lowest BCUT2D eigenvalue weighted by atomic mass is 9.98. The average molecular weight is 471 g/mol. The summed E-state index contributed by atoms with van der Waals surface area (Å²) >= 11 is 0. The molecule has 1 amide bonds. The zero-order chi connectivity index (χ0) is 24.5. The van der Waals surface area contributed by atoms with E-state index in [1.54, 1.807) is 21.6 Å². The Morgan fingerprint density at radius 2 is 2.12 bits per heavy atom. The molecule has 1 N–H and O–H groups in total. The van der Waals surface area contributed by atoms with E-state index in [0.29, 0.717) is 47.7 Å². The van der Waals surface area contributed by atoms with Gasteiger partial charge in [-0.15, -0.1) is 0 Å². The highest BCUT2D eigenvalue weighted by molar-refractivity contribution is 5.69. The normalized spacial score (nSPS) is 16.5. The van der Waals surface area contributed by atoms with Crippen molar-refractivity contribution in [1.82, 2.24) is 24.3 Å². The predicted molar refractivity (Wildman–Crippen MR) is 127 cm³/mol. The minimum atomic E-state index is -0.548. The van der Waals surface area contributed by atoms with E-state index in [-0.39, 0.29) is 17.7 Å². The first-order chi connectivity index (χ1) is 16.1. The Labute approximate surface area is 197 Å². The summed E-state index contributed by atoms with van der Waals surface area (Å²) in [6, 6.07) is 2.90. The van der Waals surface area contributed by atoms with Gasteiger partial charge in [-0.1, -0.05) is 0 Å². The van der Waals surface area contributed by atoms with Crippen LogP contribution in [0.25, 0.3) is 17.2 Å². The SMILES string of the molecule is CN([O-])c1cnc(-c2cnc3ccc(F)cn23)nc1NC[C@@H]1CCCN(C(=O)OC(C)(C)C)C1. The summed E-state index contributed by atoms with van der Waals surface area (Å²) in [6.07, 6.45) is 5.79. The van der Waals surface area contributed by atoms with Gasteiger partial charge in [-0.3, -0.25) is 4.40 Å². The van der Waals surface area contributed by atoms with Crippen LogP contribution in [0.4, 0.5) is 20.7 Å². The molecule has 0 radical (unpaired) electrons. The van der Waals surface area contributed by atoms with Gasteiger partial charge < -0.3 is 25.2 Å². The minimum Gasteiger partial charge on any atom is -0.758 e. The van der Waals surface area contributed by atoms with Crippen LogP contribution >= 0.6 is 0 Å². The van der Waals surface area contributed by atoms with Crippen molar-refractivity contribution in [2.24, 2.45) is 5.92 Å². The number of hydrogen-bond donors (Lipinski definition) is 1. The number of piperidine rings is 1. The second-order valence-corrected chi connectivity index (χ2v) is 9.46. The van der Waals surface area contributed by atoms with Gasteiger partial charge in [-0.05, 0) is 58.7 Å². The summed E-state index contributed by atoms with van der Waals surface area (Å²) in [6.45, 7) is 7.26. The summed E-state index contributed by atoms with van der Waals surface area (Å²) in [5.74, 6) is 0.427. The van der Waals surface area contributed by atoms with E-state index in [4.69, 9.17) is 4.74 Å². The number of hydrogen-bond acceptors (Lipinski definition) is 8. The fourth-order valence-electron chi connectivity index (χ4n) is 3.94. The van der Waals surface area contributed by atoms with E-state index in [1.807, 2.05) is 20.8 Å². The third kappa shape index (κ3) is 5.36. The Bertz CT molecular complexity index is 1180. The number of rotatable bonds is 5. The molecule has 11 heteroatoms. The lowest BCUT2D eigenvalue weighted by Gasteiger charge is -2.34. The summed E-state index contributed by atoms with van der Waals surface area (Å²) < 4.78 is 20.8. The molecule has 4 rings (SSSR count). The van der Waals surface area contributed by atoms with Crippen molar-refractivity contribution >= 4 is 23.2 Å². The number of fused-ring (bicyclic) bond motifs is 1. The van der Waals surface area contributed by atoms with Crippen LogP contribution in [0.15, 0.2) is 30.7 Å². The van der Waals surface area contributed by atoms with Crippen molar-refractivity contribution in [3.8, 4) is 11.5 Å². The van der Waals surface area contributed by atoms with Crippen LogP contribution in [0, 0.1) is 16.9 Å². The molecular weight excluding hydrogens is 441 g/mol. The zero-order valence-corrected chi connectivity index (χ0v) is 19.8. The van der Waals surface area contributed by atoms with Gasteiger partial charge in [0.1, 0.15) is 22.8 Å². The maximum absolute atomic E-state index is 13.8. The molecule has 182 valence electrons. The van der Waals surface area contributed by atoms with Gasteiger partial charge in [-0.2, -0.15) is 0 Å². The van der Waals surface area contributed by atoms with Crippen molar-refractivity contribution in [2.45, 2.75) is 39.2 Å². The molecule has 1 aliphatic heterocycles. The third-order valence-corrected chi connectivity index (χ3v) is 5.54. The Balaban J connectivity index is 1.52. The molecule has 4 heterocycles. The Kier molecular flexibility index (Phi) is 6.56. The number of likely N-dealkylation sites (tertiary alicyclic amines) is 1. The first-order valence-corrected chi connectivity index (χ1v) is 11.2. The average Bonchev–Trinajstić information content (AvgIpc) is 3.19. The summed E-state index contributed by atoms with van der Waals surface area (Å²) in [5, 5.41) is 16.1. The number of carbonyl (C=O) groups excluding carboxylic acids is 1. The third-order valence-electron chi connectivity index (χ3n) is 5.54. The van der Waals surface area contributed by atoms with Gasteiger partial charge in [-0.25, -0.2) is 24.1 Å². The van der Waals surface area contributed by atoms with Gasteiger partial charge >= 0.3 is 6.09 Å². The standard InChI is InChI=1S/C23H29FN7O3/c1-23(2,3)34-22(32)30-9-5-6-15(13-30)10-26-20-17(29(4)33)11-27-21(28-20)18-12-25-19-8-7-16(24)14-31(18)19/h7-8,11-12,14-15H,5-6,9-10,13H2,1-4H3,(H,26,27,28)/q-1/t15-/m0/s1. The number of halogens is 1. The van der Waals surface area contributed by atoms with Crippen molar-refractivity contribution in [3.05, 3.63) is 41.7 Å². The number of hydroxylamine groups is 1. The van der Waals surface area contributed by atoms with E-state index in [1.165, 1.54) is 25.5 Å². The monoisotopic (exact) mass is 470 g/mol. The first kappa shape index (κ1) is 23.7. The summed E-state index contributed by atoms with van der Waals surface area (Å²) in [7, 11) is 1.37. The van der Waals surface area contributed by atoms with Crippen LogP contribution in [0.5, 0.6) is 0 Å². The van der Waals surface area contributed by atoms with Gasteiger partial charge in [0.15, 0.2) is 11.6 Å². The topological polar surface area (TPSA) is 111 Å². The maximum atomic E-state index is 13.8. The first-order valence-electron chi connectivity index (χ1n) is 11.2. The highest BCUT2D eigenvalue weighted by Gasteiger charge is 2.27. The number of aromatic nitrogens is 4. The molecule has 3 aromatic heterocycles. The van der Waals surface area contributed by atoms with Crippen LogP contribution in [-0.2, 0) is 4.74 Å². The smallest absolute Gasteiger partial charge is 0.410 e.